The van der Waals surface area contributed by atoms with Gasteiger partial charge in [0.25, 0.3) is 5.91 Å². The van der Waals surface area contributed by atoms with Crippen LogP contribution < -0.4 is 5.32 Å². The van der Waals surface area contributed by atoms with Crippen molar-refractivity contribution >= 4 is 23.6 Å². The predicted molar refractivity (Wildman–Crippen MR) is 86.7 cm³/mol. The van der Waals surface area contributed by atoms with Crippen molar-refractivity contribution in [1.29, 1.82) is 0 Å². The third-order valence-corrected chi connectivity index (χ3v) is 5.03. The Morgan fingerprint density at radius 2 is 2.25 bits per heavy atom. The number of rotatable bonds is 4. The van der Waals surface area contributed by atoms with Crippen LogP contribution >= 0.6 is 11.8 Å². The highest BCUT2D eigenvalue weighted by atomic mass is 32.2. The van der Waals surface area contributed by atoms with Gasteiger partial charge in [-0.25, -0.2) is 4.39 Å². The van der Waals surface area contributed by atoms with E-state index in [2.05, 4.69) is 5.32 Å². The van der Waals surface area contributed by atoms with E-state index < -0.39 is 11.9 Å². The van der Waals surface area contributed by atoms with Crippen LogP contribution in [0.5, 0.6) is 0 Å². The normalized spacial score (nSPS) is 16.5. The minimum absolute atomic E-state index is 0.127. The van der Waals surface area contributed by atoms with E-state index in [1.165, 1.54) is 18.4 Å². The van der Waals surface area contributed by atoms with E-state index >= 15 is 0 Å². The van der Waals surface area contributed by atoms with E-state index in [1.807, 2.05) is 0 Å². The highest BCUT2D eigenvalue weighted by Gasteiger charge is 2.26. The van der Waals surface area contributed by atoms with E-state index in [4.69, 9.17) is 9.52 Å². The zero-order valence-corrected chi connectivity index (χ0v) is 13.8. The van der Waals surface area contributed by atoms with Crippen molar-refractivity contribution in [2.45, 2.75) is 30.7 Å². The van der Waals surface area contributed by atoms with Gasteiger partial charge in [-0.3, -0.25) is 9.59 Å². The number of hydrogen-bond donors (Lipinski definition) is 2. The molecule has 7 heteroatoms. The van der Waals surface area contributed by atoms with Gasteiger partial charge in [0.1, 0.15) is 18.0 Å². The summed E-state index contributed by atoms with van der Waals surface area (Å²) in [4.78, 5) is 24.5. The number of carboxylic acid groups (broad SMARTS) is 1. The van der Waals surface area contributed by atoms with Crippen LogP contribution in [0, 0.1) is 12.7 Å². The highest BCUT2D eigenvalue weighted by Crippen LogP contribution is 2.36. The maximum Gasteiger partial charge on any atom is 0.311 e. The van der Waals surface area contributed by atoms with Crippen molar-refractivity contribution in [3.63, 3.8) is 0 Å². The van der Waals surface area contributed by atoms with Crippen LogP contribution in [0.3, 0.4) is 0 Å². The van der Waals surface area contributed by atoms with Gasteiger partial charge >= 0.3 is 5.97 Å². The summed E-state index contributed by atoms with van der Waals surface area (Å²) in [5.41, 5.74) is 1.57. The standard InChI is InChI=1S/C17H16FNO4S/c1-9-8-23-13(7-15(20)21)16(9)17(22)19-12-4-5-24-14-3-2-10(18)6-11(12)14/h2-3,6,8,12H,4-5,7H2,1H3,(H,19,22)(H,20,21). The SMILES string of the molecule is Cc1coc(CC(=O)O)c1C(=O)NC1CCSc2ccc(F)cc21. The second kappa shape index (κ2) is 6.68. The number of aliphatic carboxylic acids is 1. The molecule has 2 heterocycles. The maximum atomic E-state index is 13.5. The lowest BCUT2D eigenvalue weighted by molar-refractivity contribution is -0.136. The molecule has 2 N–H and O–H groups in total. The molecule has 1 amide bonds. The summed E-state index contributed by atoms with van der Waals surface area (Å²) < 4.78 is 18.7. The summed E-state index contributed by atoms with van der Waals surface area (Å²) in [5, 5.41) is 11.8. The number of furan rings is 1. The molecule has 3 rings (SSSR count). The molecule has 0 saturated carbocycles. The molecule has 2 aromatic rings. The largest absolute Gasteiger partial charge is 0.481 e. The van der Waals surface area contributed by atoms with Crippen molar-refractivity contribution in [2.75, 3.05) is 5.75 Å². The number of carboxylic acids is 1. The Kier molecular flexibility index (Phi) is 4.62. The first-order valence-corrected chi connectivity index (χ1v) is 8.46. The van der Waals surface area contributed by atoms with Crippen LogP contribution in [0.15, 0.2) is 33.8 Å². The molecule has 1 aliphatic heterocycles. The molecular formula is C17H16FNO4S. The summed E-state index contributed by atoms with van der Waals surface area (Å²) in [6.07, 6.45) is 1.69. The first-order valence-electron chi connectivity index (χ1n) is 7.47. The molecular weight excluding hydrogens is 333 g/mol. The fourth-order valence-corrected chi connectivity index (χ4v) is 3.92. The van der Waals surface area contributed by atoms with Gasteiger partial charge < -0.3 is 14.8 Å². The Labute approximate surface area is 142 Å². The average Bonchev–Trinajstić information content (AvgIpc) is 2.87. The lowest BCUT2D eigenvalue weighted by Gasteiger charge is -2.26. The molecule has 0 aliphatic carbocycles. The molecule has 0 saturated heterocycles. The zero-order valence-electron chi connectivity index (χ0n) is 13.0. The van der Waals surface area contributed by atoms with E-state index in [0.717, 1.165) is 16.2 Å². The lowest BCUT2D eigenvalue weighted by Crippen LogP contribution is -2.31. The van der Waals surface area contributed by atoms with Gasteiger partial charge in [-0.05, 0) is 37.1 Å². The number of nitrogens with one attached hydrogen (secondary N) is 1. The molecule has 1 aromatic heterocycles. The summed E-state index contributed by atoms with van der Waals surface area (Å²) >= 11 is 1.63. The number of carbonyl (C=O) groups is 2. The zero-order chi connectivity index (χ0) is 17.3. The van der Waals surface area contributed by atoms with Crippen molar-refractivity contribution in [1.82, 2.24) is 5.32 Å². The van der Waals surface area contributed by atoms with Crippen molar-refractivity contribution < 1.29 is 23.5 Å². The van der Waals surface area contributed by atoms with Gasteiger partial charge in [-0.15, -0.1) is 11.8 Å². The monoisotopic (exact) mass is 349 g/mol. The van der Waals surface area contributed by atoms with Crippen molar-refractivity contribution in [3.05, 3.63) is 52.7 Å². The number of carbonyl (C=O) groups excluding carboxylic acids is 1. The quantitative estimate of drug-likeness (QED) is 0.885. The Morgan fingerprint density at radius 3 is 3.00 bits per heavy atom. The van der Waals surface area contributed by atoms with Crippen molar-refractivity contribution in [3.8, 4) is 0 Å². The fraction of sp³-hybridized carbons (Fsp3) is 0.294. The molecule has 0 radical (unpaired) electrons. The third-order valence-electron chi connectivity index (χ3n) is 3.91. The Morgan fingerprint density at radius 1 is 1.46 bits per heavy atom. The number of amides is 1. The highest BCUT2D eigenvalue weighted by molar-refractivity contribution is 7.99. The molecule has 5 nitrogen and oxygen atoms in total. The molecule has 0 bridgehead atoms. The molecule has 24 heavy (non-hydrogen) atoms. The van der Waals surface area contributed by atoms with Crippen LogP contribution in [-0.4, -0.2) is 22.7 Å². The summed E-state index contributed by atoms with van der Waals surface area (Å²) in [6, 6.07) is 4.25. The lowest BCUT2D eigenvalue weighted by atomic mass is 10.0. The predicted octanol–water partition coefficient (Wildman–Crippen LogP) is 3.32. The van der Waals surface area contributed by atoms with Crippen LogP contribution in [0.2, 0.25) is 0 Å². The maximum absolute atomic E-state index is 13.5. The van der Waals surface area contributed by atoms with Crippen LogP contribution in [0.25, 0.3) is 0 Å². The first kappa shape index (κ1) is 16.6. The topological polar surface area (TPSA) is 79.5 Å². The van der Waals surface area contributed by atoms with Crippen molar-refractivity contribution in [2.24, 2.45) is 0 Å². The number of benzene rings is 1. The second-order valence-corrected chi connectivity index (χ2v) is 6.77. The first-order chi connectivity index (χ1) is 11.5. The summed E-state index contributed by atoms with van der Waals surface area (Å²) in [5.74, 6) is -0.871. The van der Waals surface area contributed by atoms with E-state index in [9.17, 15) is 14.0 Å². The minimum atomic E-state index is -1.07. The molecule has 0 spiro atoms. The van der Waals surface area contributed by atoms with Crippen LogP contribution in [0.1, 0.15) is 39.7 Å². The van der Waals surface area contributed by atoms with Gasteiger partial charge in [-0.1, -0.05) is 0 Å². The molecule has 1 aromatic carbocycles. The van der Waals surface area contributed by atoms with E-state index in [-0.39, 0.29) is 29.6 Å². The number of hydrogen-bond acceptors (Lipinski definition) is 4. The minimum Gasteiger partial charge on any atom is -0.481 e. The number of halogens is 1. The van der Waals surface area contributed by atoms with Gasteiger partial charge in [0.05, 0.1) is 17.9 Å². The summed E-state index contributed by atoms with van der Waals surface area (Å²) in [6.45, 7) is 1.69. The smallest absolute Gasteiger partial charge is 0.311 e. The Hall–Kier alpha value is -2.28. The summed E-state index contributed by atoms with van der Waals surface area (Å²) in [7, 11) is 0. The Balaban J connectivity index is 1.86. The number of thioether (sulfide) groups is 1. The molecule has 1 aliphatic rings. The van der Waals surface area contributed by atoms with Crippen LogP contribution in [0.4, 0.5) is 4.39 Å². The van der Waals surface area contributed by atoms with Gasteiger partial charge in [0.15, 0.2) is 0 Å². The van der Waals surface area contributed by atoms with E-state index in [0.29, 0.717) is 12.0 Å². The van der Waals surface area contributed by atoms with Crippen LogP contribution in [-0.2, 0) is 11.2 Å². The number of aryl methyl sites for hydroxylation is 1. The van der Waals surface area contributed by atoms with Gasteiger partial charge in [-0.2, -0.15) is 0 Å². The molecule has 0 fully saturated rings. The Bertz CT molecular complexity index is 802. The molecule has 126 valence electrons. The van der Waals surface area contributed by atoms with Gasteiger partial charge in [0.2, 0.25) is 0 Å². The number of fused-ring (bicyclic) bond motifs is 1. The second-order valence-electron chi connectivity index (χ2n) is 5.63. The fourth-order valence-electron chi connectivity index (χ4n) is 2.82. The average molecular weight is 349 g/mol. The third kappa shape index (κ3) is 3.31. The van der Waals surface area contributed by atoms with Gasteiger partial charge in [0, 0.05) is 16.2 Å². The molecule has 1 atom stereocenters. The molecule has 1 unspecified atom stereocenters. The van der Waals surface area contributed by atoms with E-state index in [1.54, 1.807) is 24.8 Å².